The molecule has 0 aromatic carbocycles. The Balaban J connectivity index is 3.02. The molecular formula is C3H2FN3. The zero-order valence-electron chi connectivity index (χ0n) is 3.37. The van der Waals surface area contributed by atoms with Crippen LogP contribution in [0.25, 0.3) is 0 Å². The van der Waals surface area contributed by atoms with E-state index in [1.807, 2.05) is 0 Å². The van der Waals surface area contributed by atoms with E-state index < -0.39 is 6.08 Å². The van der Waals surface area contributed by atoms with Crippen LogP contribution >= 0.6 is 0 Å². The fraction of sp³-hybridized carbons (Fsp3) is 0. The Hall–Kier alpha value is -1.06. The second-order valence-corrected chi connectivity index (χ2v) is 0.907. The molecule has 0 saturated heterocycles. The van der Waals surface area contributed by atoms with Gasteiger partial charge in [-0.2, -0.15) is 14.4 Å². The van der Waals surface area contributed by atoms with Crippen LogP contribution in [0, 0.1) is 6.08 Å². The van der Waals surface area contributed by atoms with Crippen molar-refractivity contribution in [3.05, 3.63) is 18.7 Å². The maximum absolute atomic E-state index is 11.6. The molecule has 0 aliphatic rings. The Morgan fingerprint density at radius 2 is 1.86 bits per heavy atom. The van der Waals surface area contributed by atoms with Crippen LogP contribution in [0.5, 0.6) is 0 Å². The fourth-order valence-electron chi connectivity index (χ4n) is 0.225. The molecule has 1 aromatic heterocycles. The Bertz CT molecular complexity index is 140. The van der Waals surface area contributed by atoms with Crippen molar-refractivity contribution in [2.45, 2.75) is 0 Å². The van der Waals surface area contributed by atoms with E-state index in [4.69, 9.17) is 0 Å². The lowest BCUT2D eigenvalue weighted by Crippen LogP contribution is -1.85. The summed E-state index contributed by atoms with van der Waals surface area (Å²) < 4.78 is 11.6. The van der Waals surface area contributed by atoms with Gasteiger partial charge in [-0.1, -0.05) is 0 Å². The average molecular weight is 99.1 g/mol. The highest BCUT2D eigenvalue weighted by atomic mass is 19.1. The Morgan fingerprint density at radius 1 is 1.29 bits per heavy atom. The van der Waals surface area contributed by atoms with Crippen LogP contribution in [0.15, 0.2) is 12.7 Å². The van der Waals surface area contributed by atoms with Gasteiger partial charge in [-0.15, -0.1) is 0 Å². The molecule has 1 heterocycles. The molecular weight excluding hydrogens is 97.1 g/mol. The number of rotatable bonds is 0. The van der Waals surface area contributed by atoms with E-state index >= 15 is 0 Å². The number of hydrogen-bond acceptors (Lipinski definition) is 3. The highest BCUT2D eigenvalue weighted by molar-refractivity contribution is 4.56. The molecule has 0 amide bonds. The molecule has 3 nitrogen and oxygen atoms in total. The van der Waals surface area contributed by atoms with E-state index in [1.54, 1.807) is 0 Å². The largest absolute Gasteiger partial charge is 0.311 e. The third-order valence-corrected chi connectivity index (χ3v) is 0.462. The highest BCUT2D eigenvalue weighted by Crippen LogP contribution is 1.74. The summed E-state index contributed by atoms with van der Waals surface area (Å²) >= 11 is 0. The van der Waals surface area contributed by atoms with Gasteiger partial charge < -0.3 is 0 Å². The van der Waals surface area contributed by atoms with Gasteiger partial charge in [-0.25, -0.2) is 4.98 Å². The maximum atomic E-state index is 11.6. The van der Waals surface area contributed by atoms with Gasteiger partial charge >= 0.3 is 6.08 Å². The summed E-state index contributed by atoms with van der Waals surface area (Å²) in [6.07, 6.45) is 1.46. The first-order chi connectivity index (χ1) is 3.39. The summed E-state index contributed by atoms with van der Waals surface area (Å²) in [5.74, 6) is 0. The van der Waals surface area contributed by atoms with Crippen molar-refractivity contribution in [1.29, 1.82) is 0 Å². The first kappa shape index (κ1) is 4.11. The zero-order chi connectivity index (χ0) is 5.11. The van der Waals surface area contributed by atoms with Crippen LogP contribution in [0.2, 0.25) is 0 Å². The average Bonchev–Trinajstić information content (AvgIpc) is 1.69. The smallest absolute Gasteiger partial charge is 0.225 e. The lowest BCUT2D eigenvalue weighted by Gasteiger charge is -1.76. The van der Waals surface area contributed by atoms with Crippen LogP contribution in [0.4, 0.5) is 4.39 Å². The number of aromatic nitrogens is 3. The molecule has 0 fully saturated rings. The van der Waals surface area contributed by atoms with Gasteiger partial charge in [0, 0.05) is 0 Å². The molecule has 0 N–H and O–H groups in total. The standard InChI is InChI=1S/C3H2FN3/c4-3-6-1-5-2-7-3/h1-2H. The summed E-state index contributed by atoms with van der Waals surface area (Å²) in [5, 5.41) is 0. The minimum absolute atomic E-state index is 0.741. The summed E-state index contributed by atoms with van der Waals surface area (Å²) in [5.41, 5.74) is 0. The van der Waals surface area contributed by atoms with Gasteiger partial charge in [0.05, 0.1) is 0 Å². The van der Waals surface area contributed by atoms with Crippen LogP contribution in [-0.2, 0) is 0 Å². The van der Waals surface area contributed by atoms with E-state index in [0.29, 0.717) is 0 Å². The molecule has 0 saturated carbocycles. The lowest BCUT2D eigenvalue weighted by atomic mass is 11.1. The topological polar surface area (TPSA) is 38.7 Å². The fourth-order valence-corrected chi connectivity index (χ4v) is 0.225. The molecule has 0 bridgehead atoms. The van der Waals surface area contributed by atoms with Crippen molar-refractivity contribution in [3.63, 3.8) is 0 Å². The van der Waals surface area contributed by atoms with Crippen LogP contribution in [0.1, 0.15) is 0 Å². The molecule has 0 aliphatic carbocycles. The number of halogens is 1. The van der Waals surface area contributed by atoms with Gasteiger partial charge in [0.2, 0.25) is 0 Å². The van der Waals surface area contributed by atoms with Gasteiger partial charge in [-0.3, -0.25) is 0 Å². The van der Waals surface area contributed by atoms with E-state index in [9.17, 15) is 4.39 Å². The van der Waals surface area contributed by atoms with E-state index in [-0.39, 0.29) is 0 Å². The summed E-state index contributed by atoms with van der Waals surface area (Å²) in [4.78, 5) is 9.56. The van der Waals surface area contributed by atoms with Gasteiger partial charge in [-0.05, 0) is 0 Å². The molecule has 36 valence electrons. The monoisotopic (exact) mass is 99.0 g/mol. The van der Waals surface area contributed by atoms with Gasteiger partial charge in [0.15, 0.2) is 0 Å². The molecule has 7 heavy (non-hydrogen) atoms. The SMILES string of the molecule is Fc1ncncn1. The molecule has 0 spiro atoms. The summed E-state index contributed by atoms with van der Waals surface area (Å²) in [7, 11) is 0. The van der Waals surface area contributed by atoms with Crippen molar-refractivity contribution >= 4 is 0 Å². The maximum Gasteiger partial charge on any atom is 0.311 e. The Morgan fingerprint density at radius 3 is 2.14 bits per heavy atom. The first-order valence-electron chi connectivity index (χ1n) is 1.67. The number of hydrogen-bond donors (Lipinski definition) is 0. The van der Waals surface area contributed by atoms with Crippen LogP contribution in [0.3, 0.4) is 0 Å². The minimum Gasteiger partial charge on any atom is -0.225 e. The van der Waals surface area contributed by atoms with Crippen molar-refractivity contribution in [3.8, 4) is 0 Å². The van der Waals surface area contributed by atoms with Crippen molar-refractivity contribution in [2.75, 3.05) is 0 Å². The third kappa shape index (κ3) is 0.887. The number of nitrogens with zero attached hydrogens (tertiary/aromatic N) is 3. The molecule has 4 heteroatoms. The van der Waals surface area contributed by atoms with E-state index in [2.05, 4.69) is 15.0 Å². The Kier molecular flexibility index (Phi) is 0.934. The molecule has 1 aromatic rings. The second-order valence-electron chi connectivity index (χ2n) is 0.907. The van der Waals surface area contributed by atoms with Gasteiger partial charge in [0.1, 0.15) is 12.7 Å². The predicted octanol–water partition coefficient (Wildman–Crippen LogP) is 0.0107. The van der Waals surface area contributed by atoms with E-state index in [0.717, 1.165) is 12.7 Å². The normalized spacial score (nSPS) is 8.71. The van der Waals surface area contributed by atoms with E-state index in [1.165, 1.54) is 0 Å². The van der Waals surface area contributed by atoms with Crippen molar-refractivity contribution in [2.24, 2.45) is 0 Å². The Labute approximate surface area is 39.3 Å². The first-order valence-corrected chi connectivity index (χ1v) is 1.67. The minimum atomic E-state index is -0.741. The molecule has 1 rings (SSSR count). The molecule has 0 atom stereocenters. The predicted molar refractivity (Wildman–Crippen MR) is 19.8 cm³/mol. The van der Waals surface area contributed by atoms with Crippen LogP contribution in [-0.4, -0.2) is 15.0 Å². The molecule has 0 radical (unpaired) electrons. The lowest BCUT2D eigenvalue weighted by molar-refractivity contribution is 0.532. The summed E-state index contributed by atoms with van der Waals surface area (Å²) in [6.45, 7) is 0. The van der Waals surface area contributed by atoms with Gasteiger partial charge in [0.25, 0.3) is 0 Å². The second kappa shape index (κ2) is 1.59. The molecule has 0 unspecified atom stereocenters. The van der Waals surface area contributed by atoms with Crippen molar-refractivity contribution in [1.82, 2.24) is 15.0 Å². The third-order valence-electron chi connectivity index (χ3n) is 0.462. The zero-order valence-corrected chi connectivity index (χ0v) is 3.37. The van der Waals surface area contributed by atoms with Crippen molar-refractivity contribution < 1.29 is 4.39 Å². The highest BCUT2D eigenvalue weighted by Gasteiger charge is 1.81. The molecule has 0 aliphatic heterocycles. The summed E-state index contributed by atoms with van der Waals surface area (Å²) in [6, 6.07) is 0. The quantitative estimate of drug-likeness (QED) is 0.460. The van der Waals surface area contributed by atoms with Crippen LogP contribution < -0.4 is 0 Å².